The van der Waals surface area contributed by atoms with Gasteiger partial charge in [0.2, 0.25) is 0 Å². The molecule has 104 valence electrons. The molecule has 0 unspecified atom stereocenters. The number of hydrogen-bond donors (Lipinski definition) is 1. The second kappa shape index (κ2) is 6.80. The number of pyridine rings is 1. The molecule has 0 fully saturated rings. The summed E-state index contributed by atoms with van der Waals surface area (Å²) in [5.74, 6) is 0.498. The molecule has 0 aliphatic heterocycles. The van der Waals surface area contributed by atoms with E-state index in [2.05, 4.69) is 20.3 Å². The predicted molar refractivity (Wildman–Crippen MR) is 75.8 cm³/mol. The first-order valence-corrected chi connectivity index (χ1v) is 6.85. The molecule has 2 aromatic rings. The minimum atomic E-state index is -0.428. The Labute approximate surface area is 120 Å². The number of rotatable bonds is 6. The Morgan fingerprint density at radius 3 is 2.90 bits per heavy atom. The Kier molecular flexibility index (Phi) is 4.83. The third-order valence-electron chi connectivity index (χ3n) is 2.32. The van der Waals surface area contributed by atoms with Crippen molar-refractivity contribution >= 4 is 23.3 Å². The molecule has 2 rings (SSSR count). The van der Waals surface area contributed by atoms with Crippen LogP contribution < -0.4 is 5.32 Å². The van der Waals surface area contributed by atoms with E-state index in [9.17, 15) is 10.1 Å². The van der Waals surface area contributed by atoms with Crippen molar-refractivity contribution in [3.8, 4) is 0 Å². The van der Waals surface area contributed by atoms with Crippen LogP contribution in [-0.4, -0.2) is 26.4 Å². The number of nitro groups is 1. The molecule has 2 aromatic heterocycles. The highest BCUT2D eigenvalue weighted by Gasteiger charge is 2.12. The summed E-state index contributed by atoms with van der Waals surface area (Å²) >= 11 is 1.26. The predicted octanol–water partition coefficient (Wildman–Crippen LogP) is 2.75. The van der Waals surface area contributed by atoms with E-state index in [0.717, 1.165) is 6.42 Å². The summed E-state index contributed by atoms with van der Waals surface area (Å²) < 4.78 is 0. The summed E-state index contributed by atoms with van der Waals surface area (Å²) in [7, 11) is 0. The van der Waals surface area contributed by atoms with E-state index in [-0.39, 0.29) is 5.69 Å². The second-order valence-electron chi connectivity index (χ2n) is 3.88. The van der Waals surface area contributed by atoms with Crippen molar-refractivity contribution in [2.75, 3.05) is 11.9 Å². The van der Waals surface area contributed by atoms with Crippen molar-refractivity contribution < 1.29 is 4.92 Å². The van der Waals surface area contributed by atoms with Gasteiger partial charge in [-0.05, 0) is 24.2 Å². The van der Waals surface area contributed by atoms with Crippen molar-refractivity contribution in [3.05, 3.63) is 40.8 Å². The summed E-state index contributed by atoms with van der Waals surface area (Å²) in [6.07, 6.45) is 3.96. The molecule has 0 spiro atoms. The molecule has 0 saturated heterocycles. The monoisotopic (exact) mass is 291 g/mol. The fraction of sp³-hybridized carbons (Fsp3) is 0.250. The first-order valence-electron chi connectivity index (χ1n) is 6.03. The van der Waals surface area contributed by atoms with E-state index in [1.807, 2.05) is 6.92 Å². The Morgan fingerprint density at radius 2 is 2.25 bits per heavy atom. The lowest BCUT2D eigenvalue weighted by molar-refractivity contribution is -0.385. The zero-order valence-corrected chi connectivity index (χ0v) is 11.6. The first-order chi connectivity index (χ1) is 9.69. The normalized spacial score (nSPS) is 10.2. The summed E-state index contributed by atoms with van der Waals surface area (Å²) in [5.41, 5.74) is 0.00941. The van der Waals surface area contributed by atoms with Gasteiger partial charge in [-0.25, -0.2) is 15.0 Å². The largest absolute Gasteiger partial charge is 0.370 e. The molecule has 0 amide bonds. The Bertz CT molecular complexity index is 594. The minimum Gasteiger partial charge on any atom is -0.370 e. The molecule has 0 radical (unpaired) electrons. The van der Waals surface area contributed by atoms with Crippen molar-refractivity contribution in [3.63, 3.8) is 0 Å². The molecular formula is C12H13N5O2S. The van der Waals surface area contributed by atoms with Gasteiger partial charge >= 0.3 is 0 Å². The zero-order valence-electron chi connectivity index (χ0n) is 10.8. The highest BCUT2D eigenvalue weighted by molar-refractivity contribution is 7.99. The lowest BCUT2D eigenvalue weighted by Gasteiger charge is -2.06. The van der Waals surface area contributed by atoms with Crippen LogP contribution in [0.15, 0.2) is 40.8 Å². The SMILES string of the molecule is CCCNc1cc([N+](=O)[O-])cc(Sc2ccncn2)n1. The Balaban J connectivity index is 2.26. The molecule has 0 atom stereocenters. The van der Waals surface area contributed by atoms with Gasteiger partial charge in [0, 0.05) is 18.8 Å². The molecule has 2 heterocycles. The fourth-order valence-corrected chi connectivity index (χ4v) is 2.21. The van der Waals surface area contributed by atoms with Gasteiger partial charge in [0.1, 0.15) is 22.2 Å². The lowest BCUT2D eigenvalue weighted by Crippen LogP contribution is -2.03. The van der Waals surface area contributed by atoms with Gasteiger partial charge in [-0.2, -0.15) is 0 Å². The van der Waals surface area contributed by atoms with Crippen molar-refractivity contribution in [2.24, 2.45) is 0 Å². The van der Waals surface area contributed by atoms with E-state index in [1.165, 1.54) is 30.2 Å². The van der Waals surface area contributed by atoms with Crippen LogP contribution in [0.2, 0.25) is 0 Å². The maximum Gasteiger partial charge on any atom is 0.275 e. The quantitative estimate of drug-likeness (QED) is 0.496. The van der Waals surface area contributed by atoms with Crippen molar-refractivity contribution in [2.45, 2.75) is 23.4 Å². The van der Waals surface area contributed by atoms with E-state index in [4.69, 9.17) is 0 Å². The van der Waals surface area contributed by atoms with Gasteiger partial charge in [-0.15, -0.1) is 0 Å². The van der Waals surface area contributed by atoms with Crippen LogP contribution in [0, 0.1) is 10.1 Å². The van der Waals surface area contributed by atoms with Crippen LogP contribution >= 0.6 is 11.8 Å². The Morgan fingerprint density at radius 1 is 1.40 bits per heavy atom. The maximum atomic E-state index is 10.9. The molecule has 1 N–H and O–H groups in total. The summed E-state index contributed by atoms with van der Waals surface area (Å²) in [5, 5.41) is 15.2. The molecule has 8 heteroatoms. The average molecular weight is 291 g/mol. The zero-order chi connectivity index (χ0) is 14.4. The summed E-state index contributed by atoms with van der Waals surface area (Å²) in [4.78, 5) is 22.7. The van der Waals surface area contributed by atoms with E-state index in [1.54, 1.807) is 12.3 Å². The highest BCUT2D eigenvalue weighted by Crippen LogP contribution is 2.28. The van der Waals surface area contributed by atoms with Gasteiger partial charge in [-0.1, -0.05) is 6.92 Å². The van der Waals surface area contributed by atoms with Crippen LogP contribution in [0.5, 0.6) is 0 Å². The molecule has 0 aliphatic rings. The van der Waals surface area contributed by atoms with Crippen molar-refractivity contribution in [1.82, 2.24) is 15.0 Å². The molecule has 20 heavy (non-hydrogen) atoms. The van der Waals surface area contributed by atoms with Gasteiger partial charge in [0.25, 0.3) is 5.69 Å². The number of aromatic nitrogens is 3. The molecule has 0 bridgehead atoms. The van der Waals surface area contributed by atoms with Crippen LogP contribution in [0.4, 0.5) is 11.5 Å². The average Bonchev–Trinajstić information content (AvgIpc) is 2.46. The van der Waals surface area contributed by atoms with Gasteiger partial charge in [0.15, 0.2) is 0 Å². The van der Waals surface area contributed by atoms with E-state index >= 15 is 0 Å². The Hall–Kier alpha value is -2.22. The van der Waals surface area contributed by atoms with Crippen LogP contribution in [-0.2, 0) is 0 Å². The first kappa shape index (κ1) is 14.2. The fourth-order valence-electron chi connectivity index (χ4n) is 1.44. The molecule has 0 aliphatic carbocycles. The number of nitrogens with zero attached hydrogens (tertiary/aromatic N) is 4. The third kappa shape index (κ3) is 3.89. The van der Waals surface area contributed by atoms with Crippen molar-refractivity contribution in [1.29, 1.82) is 0 Å². The highest BCUT2D eigenvalue weighted by atomic mass is 32.2. The van der Waals surface area contributed by atoms with Gasteiger partial charge in [0.05, 0.1) is 11.0 Å². The minimum absolute atomic E-state index is 0.00941. The lowest BCUT2D eigenvalue weighted by atomic mass is 10.4. The van der Waals surface area contributed by atoms with Crippen LogP contribution in [0.1, 0.15) is 13.3 Å². The van der Waals surface area contributed by atoms with Crippen LogP contribution in [0.3, 0.4) is 0 Å². The maximum absolute atomic E-state index is 10.9. The number of anilines is 1. The molecule has 7 nitrogen and oxygen atoms in total. The van der Waals surface area contributed by atoms with Crippen LogP contribution in [0.25, 0.3) is 0 Å². The third-order valence-corrected chi connectivity index (χ3v) is 3.19. The topological polar surface area (TPSA) is 93.8 Å². The van der Waals surface area contributed by atoms with E-state index in [0.29, 0.717) is 22.4 Å². The number of hydrogen-bond acceptors (Lipinski definition) is 7. The molecule has 0 saturated carbocycles. The molecular weight excluding hydrogens is 278 g/mol. The van der Waals surface area contributed by atoms with Gasteiger partial charge in [-0.3, -0.25) is 10.1 Å². The standard InChI is InChI=1S/C12H13N5O2S/c1-2-4-14-10-6-9(17(18)19)7-12(16-10)20-11-3-5-13-8-15-11/h3,5-8H,2,4H2,1H3,(H,14,16). The molecule has 0 aromatic carbocycles. The number of nitrogens with one attached hydrogen (secondary N) is 1. The summed E-state index contributed by atoms with van der Waals surface area (Å²) in [6.45, 7) is 2.73. The van der Waals surface area contributed by atoms with E-state index < -0.39 is 4.92 Å². The summed E-state index contributed by atoms with van der Waals surface area (Å²) in [6, 6.07) is 4.59. The second-order valence-corrected chi connectivity index (χ2v) is 4.92. The van der Waals surface area contributed by atoms with Gasteiger partial charge < -0.3 is 5.32 Å². The smallest absolute Gasteiger partial charge is 0.275 e.